The molecule has 21 heteroatoms. The number of carboxylic acid groups (broad SMARTS) is 1. The average Bonchev–Trinajstić information content (AvgIpc) is 3.51. The normalized spacial score (nSPS) is 11.8. The highest BCUT2D eigenvalue weighted by Gasteiger charge is 2.22. The van der Waals surface area contributed by atoms with Gasteiger partial charge in [-0.15, -0.1) is 0 Å². The van der Waals surface area contributed by atoms with E-state index in [4.69, 9.17) is 69.3 Å². The van der Waals surface area contributed by atoms with Crippen molar-refractivity contribution in [3.63, 3.8) is 0 Å². The Balaban J connectivity index is 0.000000174. The minimum Gasteiger partial charge on any atom is -0.480 e. The van der Waals surface area contributed by atoms with Gasteiger partial charge in [0.2, 0.25) is 0 Å². The summed E-state index contributed by atoms with van der Waals surface area (Å²) in [5.74, 6) is -1.78. The van der Waals surface area contributed by atoms with Crippen LogP contribution < -0.4 is 38.9 Å². The molecule has 0 aliphatic heterocycles. The van der Waals surface area contributed by atoms with Crippen molar-refractivity contribution in [2.45, 2.75) is 51.2 Å². The van der Waals surface area contributed by atoms with Gasteiger partial charge in [0.1, 0.15) is 11.2 Å². The van der Waals surface area contributed by atoms with E-state index in [0.717, 1.165) is 34.7 Å². The highest BCUT2D eigenvalue weighted by molar-refractivity contribution is 6.39. The first-order chi connectivity index (χ1) is 38.3. The van der Waals surface area contributed by atoms with Crippen molar-refractivity contribution in [3.05, 3.63) is 218 Å². The summed E-state index contributed by atoms with van der Waals surface area (Å²) in [5, 5.41) is 23.6. The lowest BCUT2D eigenvalue weighted by molar-refractivity contribution is -0.139. The van der Waals surface area contributed by atoms with Gasteiger partial charge in [-0.05, 0) is 79.8 Å². The summed E-state index contributed by atoms with van der Waals surface area (Å²) in [5.41, 5.74) is 26.2. The van der Waals surface area contributed by atoms with Crippen molar-refractivity contribution in [3.8, 4) is 0 Å². The van der Waals surface area contributed by atoms with Gasteiger partial charge in [0.05, 0.1) is 15.1 Å². The Morgan fingerprint density at radius 2 is 0.800 bits per heavy atom. The number of guanidine groups is 2. The second-order valence-corrected chi connectivity index (χ2v) is 19.9. The second-order valence-electron chi connectivity index (χ2n) is 18.3. The highest BCUT2D eigenvalue weighted by atomic mass is 35.5. The van der Waals surface area contributed by atoms with Crippen LogP contribution in [0.25, 0.3) is 32.3 Å². The van der Waals surface area contributed by atoms with Gasteiger partial charge >= 0.3 is 5.97 Å². The molecular formula is C59H54Cl4N12O5. The first-order valence-electron chi connectivity index (χ1n) is 24.7. The predicted octanol–water partition coefficient (Wildman–Crippen LogP) is 10.3. The van der Waals surface area contributed by atoms with Crippen LogP contribution in [-0.4, -0.2) is 73.8 Å². The second kappa shape index (κ2) is 27.6. The van der Waals surface area contributed by atoms with Crippen molar-refractivity contribution >= 4 is 126 Å². The minimum atomic E-state index is -1.13. The van der Waals surface area contributed by atoms with E-state index in [2.05, 4.69) is 40.9 Å². The molecule has 9 rings (SSSR count). The molecule has 3 aromatic heterocycles. The number of aliphatic carboxylic acids is 1. The van der Waals surface area contributed by atoms with E-state index in [-0.39, 0.29) is 53.6 Å². The Kier molecular flexibility index (Phi) is 20.3. The number of hydrogen-bond donors (Lipinski definition) is 8. The molecule has 408 valence electrons. The number of nitrogens with one attached hydrogen (secondary N) is 3. The molecule has 0 radical (unpaired) electrons. The molecule has 0 fully saturated rings. The standard InChI is InChI=1S/C20H18ClN5O3.C20H20ClN5O.C19H16Cl2N2O/c21-15-10-24-17(26-20(22)23)14-9-12(6-7-13(14)15)18(27)25-16(19(28)29)8-11-4-2-1-3-5-11;1-12(9-13-5-3-2-4-6-13)25-19(27)14-7-8-15-16(10-14)18(26-20(22)23)24-11-17(15)21;1-12(9-13-5-3-2-4-6-13)23-19(24)14-7-8-15-16(10-14)18(21)22-11-17(15)20/h1-7,9-10,16H,8H2,(H,25,27)(H,28,29)(H4,22,23,24,26);2-8,10-12H,9H2,1H3,(H,25,27)(H4,22,23,24,26);2-8,10-12H,9H2,1H3,(H,23,24). The molecule has 6 aromatic carbocycles. The first kappa shape index (κ1) is 58.8. The van der Waals surface area contributed by atoms with Crippen LogP contribution in [0.2, 0.25) is 20.2 Å². The monoisotopic (exact) mass is 1150 g/mol. The molecule has 3 atom stereocenters. The van der Waals surface area contributed by atoms with Crippen LogP contribution >= 0.6 is 46.4 Å². The van der Waals surface area contributed by atoms with E-state index in [0.29, 0.717) is 58.7 Å². The molecule has 17 nitrogen and oxygen atoms in total. The summed E-state index contributed by atoms with van der Waals surface area (Å²) in [6.07, 6.45) is 6.07. The zero-order chi connectivity index (χ0) is 57.5. The van der Waals surface area contributed by atoms with Gasteiger partial charge in [-0.3, -0.25) is 14.4 Å². The summed E-state index contributed by atoms with van der Waals surface area (Å²) in [6, 6.07) is 43.2. The van der Waals surface area contributed by atoms with Crippen LogP contribution in [0.15, 0.2) is 174 Å². The third kappa shape index (κ3) is 16.1. The first-order valence-corrected chi connectivity index (χ1v) is 26.2. The highest BCUT2D eigenvalue weighted by Crippen LogP contribution is 2.32. The van der Waals surface area contributed by atoms with Gasteiger partial charge in [0.25, 0.3) is 17.7 Å². The smallest absolute Gasteiger partial charge is 0.326 e. The summed E-state index contributed by atoms with van der Waals surface area (Å²) < 4.78 is 0. The van der Waals surface area contributed by atoms with E-state index >= 15 is 0 Å². The molecule has 0 saturated heterocycles. The number of aromatic nitrogens is 3. The zero-order valence-corrected chi connectivity index (χ0v) is 46.1. The van der Waals surface area contributed by atoms with E-state index in [1.807, 2.05) is 80.6 Å². The Hall–Kier alpha value is -8.87. The number of carbonyl (C=O) groups is 4. The molecule has 0 aliphatic rings. The quantitative estimate of drug-likeness (QED) is 0.0270. The van der Waals surface area contributed by atoms with E-state index < -0.39 is 17.9 Å². The van der Waals surface area contributed by atoms with Crippen molar-refractivity contribution in [1.82, 2.24) is 30.9 Å². The Morgan fingerprint density at radius 3 is 1.18 bits per heavy atom. The van der Waals surface area contributed by atoms with Gasteiger partial charge in [-0.25, -0.2) is 19.7 Å². The molecule has 0 bridgehead atoms. The Morgan fingerprint density at radius 1 is 0.463 bits per heavy atom. The summed E-state index contributed by atoms with van der Waals surface area (Å²) >= 11 is 24.6. The Bertz CT molecular complexity index is 3760. The molecule has 12 N–H and O–H groups in total. The molecular weight excluding hydrogens is 1100 g/mol. The fourth-order valence-electron chi connectivity index (χ4n) is 8.35. The molecule has 0 spiro atoms. The maximum absolute atomic E-state index is 12.7. The SMILES string of the molecule is CC(Cc1ccccc1)NC(=O)c1ccc2c(Cl)cnc(Cl)c2c1.CC(Cc1ccccc1)NC(=O)c1ccc2c(Cl)cnc(N=C(N)N)c2c1.NC(N)=Nc1ncc(Cl)c2ccc(C(=O)NC(Cc3ccccc3)C(=O)O)cc12. The van der Waals surface area contributed by atoms with Gasteiger partial charge in [0, 0.05) is 86.1 Å². The van der Waals surface area contributed by atoms with Crippen LogP contribution in [0, 0.1) is 0 Å². The van der Waals surface area contributed by atoms with Crippen molar-refractivity contribution in [2.75, 3.05) is 0 Å². The molecule has 3 unspecified atom stereocenters. The lowest BCUT2D eigenvalue weighted by Crippen LogP contribution is -2.42. The average molecular weight is 1150 g/mol. The van der Waals surface area contributed by atoms with E-state index in [9.17, 15) is 24.3 Å². The fourth-order valence-corrected chi connectivity index (χ4v) is 9.20. The molecule has 3 amide bonds. The number of hydrogen-bond acceptors (Lipinski definition) is 9. The third-order valence-electron chi connectivity index (χ3n) is 12.1. The van der Waals surface area contributed by atoms with Gasteiger partial charge in [0.15, 0.2) is 23.6 Å². The Labute approximate surface area is 480 Å². The van der Waals surface area contributed by atoms with Crippen LogP contribution in [0.5, 0.6) is 0 Å². The lowest BCUT2D eigenvalue weighted by Gasteiger charge is -2.15. The van der Waals surface area contributed by atoms with Crippen molar-refractivity contribution < 1.29 is 24.3 Å². The number of nitrogens with zero attached hydrogens (tertiary/aromatic N) is 5. The lowest BCUT2D eigenvalue weighted by atomic mass is 10.0. The van der Waals surface area contributed by atoms with Crippen molar-refractivity contribution in [2.24, 2.45) is 32.9 Å². The van der Waals surface area contributed by atoms with Crippen LogP contribution in [-0.2, 0) is 24.1 Å². The van der Waals surface area contributed by atoms with Gasteiger partial charge in [-0.2, -0.15) is 9.98 Å². The molecule has 80 heavy (non-hydrogen) atoms. The maximum Gasteiger partial charge on any atom is 0.326 e. The van der Waals surface area contributed by atoms with Crippen LogP contribution in [0.3, 0.4) is 0 Å². The van der Waals surface area contributed by atoms with Crippen LogP contribution in [0.4, 0.5) is 11.6 Å². The number of benzene rings is 6. The molecule has 9 aromatic rings. The summed E-state index contributed by atoms with van der Waals surface area (Å²) in [4.78, 5) is 69.7. The number of carbonyl (C=O) groups excluding carboxylic acids is 3. The fraction of sp³-hybridized carbons (Fsp3) is 0.136. The zero-order valence-electron chi connectivity index (χ0n) is 43.1. The predicted molar refractivity (Wildman–Crippen MR) is 319 cm³/mol. The van der Waals surface area contributed by atoms with Crippen molar-refractivity contribution in [1.29, 1.82) is 0 Å². The number of aliphatic imine (C=N–C) groups is 2. The third-order valence-corrected chi connectivity index (χ3v) is 13.3. The molecule has 0 aliphatic carbocycles. The number of rotatable bonds is 15. The summed E-state index contributed by atoms with van der Waals surface area (Å²) in [7, 11) is 0. The maximum atomic E-state index is 12.7. The summed E-state index contributed by atoms with van der Waals surface area (Å²) in [6.45, 7) is 3.95. The van der Waals surface area contributed by atoms with Gasteiger partial charge in [-0.1, -0.05) is 156 Å². The van der Waals surface area contributed by atoms with Crippen LogP contribution in [0.1, 0.15) is 61.6 Å². The van der Waals surface area contributed by atoms with E-state index in [1.54, 1.807) is 72.8 Å². The number of halogens is 4. The molecule has 3 heterocycles. The minimum absolute atomic E-state index is 0.0172. The number of amides is 3. The number of fused-ring (bicyclic) bond motifs is 3. The number of carboxylic acids is 1. The number of pyridine rings is 3. The largest absolute Gasteiger partial charge is 0.480 e. The van der Waals surface area contributed by atoms with Gasteiger partial charge < -0.3 is 44.0 Å². The molecule has 0 saturated carbocycles. The van der Waals surface area contributed by atoms with E-state index in [1.165, 1.54) is 30.2 Å². The number of nitrogens with two attached hydrogens (primary N) is 4. The topological polar surface area (TPSA) is 292 Å².